The number of rotatable bonds is 10. The second kappa shape index (κ2) is 9.84. The molecule has 0 bridgehead atoms. The molecule has 0 aliphatic carbocycles. The van der Waals surface area contributed by atoms with Gasteiger partial charge in [0.2, 0.25) is 0 Å². The van der Waals surface area contributed by atoms with E-state index in [9.17, 15) is 5.11 Å². The maximum Gasteiger partial charge on any atom is 0.179 e. The van der Waals surface area contributed by atoms with E-state index in [1.165, 1.54) is 0 Å². The largest absolute Gasteiger partial charge is 0.493 e. The monoisotopic (exact) mass is 317 g/mol. The molecule has 0 aliphatic rings. The van der Waals surface area contributed by atoms with Crippen LogP contribution in [0.2, 0.25) is 5.02 Å². The van der Waals surface area contributed by atoms with Crippen LogP contribution in [0.4, 0.5) is 0 Å². The molecule has 120 valence electrons. The van der Waals surface area contributed by atoms with Gasteiger partial charge in [-0.1, -0.05) is 18.5 Å². The molecule has 6 heteroatoms. The van der Waals surface area contributed by atoms with Gasteiger partial charge in [0.1, 0.15) is 6.61 Å². The van der Waals surface area contributed by atoms with Gasteiger partial charge in [0.15, 0.2) is 11.5 Å². The van der Waals surface area contributed by atoms with Gasteiger partial charge in [-0.2, -0.15) is 0 Å². The Kier molecular flexibility index (Phi) is 8.45. The predicted molar refractivity (Wildman–Crippen MR) is 83.4 cm³/mol. The molecule has 0 amide bonds. The minimum Gasteiger partial charge on any atom is -0.493 e. The zero-order chi connectivity index (χ0) is 15.7. The molecule has 1 rings (SSSR count). The lowest BCUT2D eigenvalue weighted by Crippen LogP contribution is -2.19. The lowest BCUT2D eigenvalue weighted by molar-refractivity contribution is 0.103. The van der Waals surface area contributed by atoms with Crippen LogP contribution in [-0.4, -0.2) is 45.2 Å². The molecule has 1 aromatic carbocycles. The number of methoxy groups -OCH3 is 2. The van der Waals surface area contributed by atoms with Crippen molar-refractivity contribution in [2.75, 3.05) is 34.0 Å². The van der Waals surface area contributed by atoms with Gasteiger partial charge in [0.05, 0.1) is 24.8 Å². The maximum absolute atomic E-state index is 9.56. The van der Waals surface area contributed by atoms with Crippen molar-refractivity contribution in [1.29, 1.82) is 0 Å². The van der Waals surface area contributed by atoms with Crippen LogP contribution in [0.1, 0.15) is 18.9 Å². The van der Waals surface area contributed by atoms with Gasteiger partial charge < -0.3 is 24.6 Å². The van der Waals surface area contributed by atoms with Gasteiger partial charge in [-0.3, -0.25) is 0 Å². The van der Waals surface area contributed by atoms with Crippen molar-refractivity contribution < 1.29 is 19.3 Å². The first-order chi connectivity index (χ1) is 10.1. The van der Waals surface area contributed by atoms with Crippen molar-refractivity contribution in [1.82, 2.24) is 5.32 Å². The number of aliphatic hydroxyl groups is 1. The molecule has 0 aliphatic heterocycles. The molecule has 1 atom stereocenters. The number of hydrogen-bond donors (Lipinski definition) is 2. The second-order valence-corrected chi connectivity index (χ2v) is 5.06. The Bertz CT molecular complexity index is 428. The third-order valence-electron chi connectivity index (χ3n) is 2.99. The van der Waals surface area contributed by atoms with Gasteiger partial charge in [0.25, 0.3) is 0 Å². The number of nitrogens with one attached hydrogen (secondary N) is 1. The number of ether oxygens (including phenoxy) is 3. The molecule has 0 radical (unpaired) electrons. The van der Waals surface area contributed by atoms with E-state index in [-0.39, 0.29) is 6.61 Å². The number of aliphatic hydroxyl groups excluding tert-OH is 1. The first-order valence-electron chi connectivity index (χ1n) is 6.99. The lowest BCUT2D eigenvalue weighted by atomic mass is 10.2. The fourth-order valence-corrected chi connectivity index (χ4v) is 2.01. The third kappa shape index (κ3) is 6.09. The highest BCUT2D eigenvalue weighted by molar-refractivity contribution is 6.32. The van der Waals surface area contributed by atoms with Crippen LogP contribution in [0.3, 0.4) is 0 Å². The summed E-state index contributed by atoms with van der Waals surface area (Å²) < 4.78 is 15.9. The van der Waals surface area contributed by atoms with Gasteiger partial charge in [-0.25, -0.2) is 0 Å². The van der Waals surface area contributed by atoms with E-state index in [1.54, 1.807) is 14.2 Å². The molecule has 2 N–H and O–H groups in total. The van der Waals surface area contributed by atoms with E-state index in [4.69, 9.17) is 25.8 Å². The van der Waals surface area contributed by atoms with Crippen molar-refractivity contribution in [3.8, 4) is 11.5 Å². The van der Waals surface area contributed by atoms with Crippen LogP contribution < -0.4 is 14.8 Å². The SMILES string of the molecule is CCC(O)COc1c(Cl)cc(CNCCOC)cc1OC. The predicted octanol–water partition coefficient (Wildman–Crippen LogP) is 2.23. The average molecular weight is 318 g/mol. The highest BCUT2D eigenvalue weighted by Crippen LogP contribution is 2.36. The Labute approximate surface area is 131 Å². The molecule has 5 nitrogen and oxygen atoms in total. The summed E-state index contributed by atoms with van der Waals surface area (Å²) in [5.41, 5.74) is 0.997. The van der Waals surface area contributed by atoms with E-state index in [2.05, 4.69) is 5.32 Å². The van der Waals surface area contributed by atoms with Crippen LogP contribution >= 0.6 is 11.6 Å². The first kappa shape index (κ1) is 18.0. The average Bonchev–Trinajstić information content (AvgIpc) is 2.49. The van der Waals surface area contributed by atoms with Crippen molar-refractivity contribution in [3.63, 3.8) is 0 Å². The lowest BCUT2D eigenvalue weighted by Gasteiger charge is -2.16. The van der Waals surface area contributed by atoms with Crippen molar-refractivity contribution in [3.05, 3.63) is 22.7 Å². The minimum atomic E-state index is -0.513. The first-order valence-corrected chi connectivity index (χ1v) is 7.37. The van der Waals surface area contributed by atoms with Gasteiger partial charge in [0, 0.05) is 20.2 Å². The second-order valence-electron chi connectivity index (χ2n) is 4.65. The highest BCUT2D eigenvalue weighted by Gasteiger charge is 2.13. The summed E-state index contributed by atoms with van der Waals surface area (Å²) in [6.45, 7) is 4.16. The van der Waals surface area contributed by atoms with Gasteiger partial charge in [-0.05, 0) is 24.1 Å². The Morgan fingerprint density at radius 2 is 2.10 bits per heavy atom. The van der Waals surface area contributed by atoms with E-state index in [0.29, 0.717) is 36.1 Å². The Morgan fingerprint density at radius 1 is 1.33 bits per heavy atom. The number of halogens is 1. The van der Waals surface area contributed by atoms with Crippen molar-refractivity contribution >= 4 is 11.6 Å². The van der Waals surface area contributed by atoms with Gasteiger partial charge in [-0.15, -0.1) is 0 Å². The normalized spacial score (nSPS) is 12.2. The smallest absolute Gasteiger partial charge is 0.179 e. The third-order valence-corrected chi connectivity index (χ3v) is 3.27. The van der Waals surface area contributed by atoms with E-state index in [0.717, 1.165) is 12.1 Å². The summed E-state index contributed by atoms with van der Waals surface area (Å²) in [5.74, 6) is 1.03. The van der Waals surface area contributed by atoms with Crippen LogP contribution in [0.15, 0.2) is 12.1 Å². The van der Waals surface area contributed by atoms with Crippen LogP contribution in [0.5, 0.6) is 11.5 Å². The molecule has 1 unspecified atom stereocenters. The Morgan fingerprint density at radius 3 is 2.71 bits per heavy atom. The minimum absolute atomic E-state index is 0.192. The fourth-order valence-electron chi connectivity index (χ4n) is 1.72. The Hall–Kier alpha value is -1.01. The van der Waals surface area contributed by atoms with Crippen molar-refractivity contribution in [2.24, 2.45) is 0 Å². The van der Waals surface area contributed by atoms with Crippen molar-refractivity contribution in [2.45, 2.75) is 26.0 Å². The number of benzene rings is 1. The summed E-state index contributed by atoms with van der Waals surface area (Å²) in [7, 11) is 3.23. The summed E-state index contributed by atoms with van der Waals surface area (Å²) >= 11 is 6.24. The van der Waals surface area contributed by atoms with Crippen LogP contribution in [-0.2, 0) is 11.3 Å². The highest BCUT2D eigenvalue weighted by atomic mass is 35.5. The van der Waals surface area contributed by atoms with E-state index >= 15 is 0 Å². The molecule has 0 fully saturated rings. The standard InChI is InChI=1S/C15H24ClNO4/c1-4-12(18)10-21-15-13(16)7-11(8-14(15)20-3)9-17-5-6-19-2/h7-8,12,17-18H,4-6,9-10H2,1-3H3. The topological polar surface area (TPSA) is 60.0 Å². The van der Waals surface area contributed by atoms with Gasteiger partial charge >= 0.3 is 0 Å². The summed E-state index contributed by atoms with van der Waals surface area (Å²) in [6.07, 6.45) is 0.114. The molecular formula is C15H24ClNO4. The zero-order valence-corrected chi connectivity index (χ0v) is 13.6. The summed E-state index contributed by atoms with van der Waals surface area (Å²) in [6, 6.07) is 3.71. The molecule has 1 aromatic rings. The summed E-state index contributed by atoms with van der Waals surface area (Å²) in [5, 5.41) is 13.3. The molecular weight excluding hydrogens is 294 g/mol. The summed E-state index contributed by atoms with van der Waals surface area (Å²) in [4.78, 5) is 0. The fraction of sp³-hybridized carbons (Fsp3) is 0.600. The molecule has 0 saturated carbocycles. The molecule has 0 aromatic heterocycles. The molecule has 0 heterocycles. The van der Waals surface area contributed by atoms with E-state index in [1.807, 2.05) is 19.1 Å². The zero-order valence-electron chi connectivity index (χ0n) is 12.8. The quantitative estimate of drug-likeness (QED) is 0.648. The molecule has 21 heavy (non-hydrogen) atoms. The molecule has 0 saturated heterocycles. The molecule has 0 spiro atoms. The maximum atomic E-state index is 9.56. The Balaban J connectivity index is 2.72. The number of hydrogen-bond acceptors (Lipinski definition) is 5. The van der Waals surface area contributed by atoms with Crippen LogP contribution in [0, 0.1) is 0 Å². The van der Waals surface area contributed by atoms with E-state index < -0.39 is 6.10 Å². The van der Waals surface area contributed by atoms with Crippen LogP contribution in [0.25, 0.3) is 0 Å².